The van der Waals surface area contributed by atoms with Crippen molar-refractivity contribution in [2.75, 3.05) is 6.61 Å². The summed E-state index contributed by atoms with van der Waals surface area (Å²) in [4.78, 5) is 12.3. The van der Waals surface area contributed by atoms with Crippen LogP contribution in [-0.2, 0) is 9.53 Å². The summed E-state index contributed by atoms with van der Waals surface area (Å²) in [5.74, 6) is -0.131. The summed E-state index contributed by atoms with van der Waals surface area (Å²) in [6.45, 7) is 4.53. The Morgan fingerprint density at radius 3 is 1.66 bits per heavy atom. The van der Waals surface area contributed by atoms with Crippen molar-refractivity contribution in [3.63, 3.8) is 0 Å². The lowest BCUT2D eigenvalue weighted by molar-refractivity contribution is -0.145. The van der Waals surface area contributed by atoms with Crippen LogP contribution in [-0.4, -0.2) is 17.7 Å². The van der Waals surface area contributed by atoms with Crippen LogP contribution in [0.2, 0.25) is 0 Å². The minimum atomic E-state index is -0.215. The van der Waals surface area contributed by atoms with Crippen LogP contribution >= 0.6 is 0 Å². The van der Waals surface area contributed by atoms with Crippen molar-refractivity contribution in [2.24, 2.45) is 0 Å². The largest absolute Gasteiger partial charge is 0.508 e. The van der Waals surface area contributed by atoms with E-state index in [1.807, 2.05) is 19.1 Å². The van der Waals surface area contributed by atoms with E-state index in [4.69, 9.17) is 4.74 Å². The van der Waals surface area contributed by atoms with E-state index in [0.717, 1.165) is 18.4 Å². The molecule has 3 nitrogen and oxygen atoms in total. The molecule has 0 fully saturated rings. The number of aromatic hydroxyl groups is 1. The van der Waals surface area contributed by atoms with E-state index in [0.29, 0.717) is 6.61 Å². The molecular formula is C26H44O3. The molecule has 0 bridgehead atoms. The lowest BCUT2D eigenvalue weighted by Gasteiger charge is -2.16. The molecular weight excluding hydrogens is 360 g/mol. The normalized spacial score (nSPS) is 12.1. The lowest BCUT2D eigenvalue weighted by atomic mass is 9.92. The number of hydrogen-bond acceptors (Lipinski definition) is 3. The predicted molar refractivity (Wildman–Crippen MR) is 122 cm³/mol. The van der Waals surface area contributed by atoms with Crippen LogP contribution in [0, 0.1) is 0 Å². The van der Waals surface area contributed by atoms with Crippen LogP contribution in [0.1, 0.15) is 122 Å². The van der Waals surface area contributed by atoms with Crippen molar-refractivity contribution >= 4 is 5.97 Å². The molecule has 0 spiro atoms. The molecule has 0 aromatic heterocycles. The van der Waals surface area contributed by atoms with E-state index in [-0.39, 0.29) is 17.6 Å². The lowest BCUT2D eigenvalue weighted by Crippen LogP contribution is -2.16. The molecule has 0 amide bonds. The summed E-state index contributed by atoms with van der Waals surface area (Å²) in [6.07, 6.45) is 19.5. The molecule has 0 radical (unpaired) electrons. The quantitative estimate of drug-likeness (QED) is 0.200. The molecule has 0 saturated carbocycles. The standard InChI is InChI=1S/C26H44O3/c1-3-5-6-7-8-9-10-11-12-13-14-15-16-17-18-25(26(28)29-4-2)23-19-21-24(27)22-20-23/h19-22,25,27H,3-18H2,1-2H3. The zero-order chi connectivity index (χ0) is 21.2. The maximum absolute atomic E-state index is 12.3. The smallest absolute Gasteiger partial charge is 0.313 e. The van der Waals surface area contributed by atoms with Gasteiger partial charge in [-0.05, 0) is 31.0 Å². The Morgan fingerprint density at radius 1 is 0.759 bits per heavy atom. The molecule has 1 atom stereocenters. The summed E-state index contributed by atoms with van der Waals surface area (Å²) in [5, 5.41) is 9.47. The van der Waals surface area contributed by atoms with Gasteiger partial charge < -0.3 is 9.84 Å². The Bertz CT molecular complexity index is 509. The van der Waals surface area contributed by atoms with Crippen LogP contribution in [0.3, 0.4) is 0 Å². The number of unbranched alkanes of at least 4 members (excludes halogenated alkanes) is 13. The first-order valence-corrected chi connectivity index (χ1v) is 12.1. The van der Waals surface area contributed by atoms with E-state index in [1.165, 1.54) is 83.5 Å². The van der Waals surface area contributed by atoms with Gasteiger partial charge in [-0.25, -0.2) is 0 Å². The van der Waals surface area contributed by atoms with Crippen molar-refractivity contribution in [3.8, 4) is 5.75 Å². The monoisotopic (exact) mass is 404 g/mol. The van der Waals surface area contributed by atoms with Gasteiger partial charge in [0, 0.05) is 0 Å². The Labute approximate surface area is 179 Å². The molecule has 0 aliphatic carbocycles. The van der Waals surface area contributed by atoms with Crippen LogP contribution in [0.25, 0.3) is 0 Å². The molecule has 0 aliphatic heterocycles. The van der Waals surface area contributed by atoms with Crippen molar-refractivity contribution in [2.45, 2.75) is 116 Å². The van der Waals surface area contributed by atoms with Gasteiger partial charge in [0.25, 0.3) is 0 Å². The number of ether oxygens (including phenoxy) is 1. The van der Waals surface area contributed by atoms with Gasteiger partial charge in [-0.3, -0.25) is 4.79 Å². The molecule has 0 heterocycles. The first-order valence-electron chi connectivity index (χ1n) is 12.1. The molecule has 0 saturated heterocycles. The Balaban J connectivity index is 2.09. The van der Waals surface area contributed by atoms with Crippen molar-refractivity contribution in [3.05, 3.63) is 29.8 Å². The zero-order valence-electron chi connectivity index (χ0n) is 19.0. The summed E-state index contributed by atoms with van der Waals surface area (Å²) < 4.78 is 5.26. The zero-order valence-corrected chi connectivity index (χ0v) is 19.0. The minimum Gasteiger partial charge on any atom is -0.508 e. The van der Waals surface area contributed by atoms with Crippen LogP contribution in [0.4, 0.5) is 0 Å². The highest BCUT2D eigenvalue weighted by molar-refractivity contribution is 5.78. The maximum atomic E-state index is 12.3. The van der Waals surface area contributed by atoms with E-state index in [9.17, 15) is 9.90 Å². The minimum absolute atomic E-state index is 0.145. The number of phenolic OH excluding ortho intramolecular Hbond substituents is 1. The summed E-state index contributed by atoms with van der Waals surface area (Å²) in [7, 11) is 0. The van der Waals surface area contributed by atoms with E-state index >= 15 is 0 Å². The molecule has 1 aromatic carbocycles. The molecule has 0 aliphatic rings. The average molecular weight is 405 g/mol. The second-order valence-electron chi connectivity index (χ2n) is 8.28. The third kappa shape index (κ3) is 12.6. The van der Waals surface area contributed by atoms with Crippen molar-refractivity contribution in [1.29, 1.82) is 0 Å². The van der Waals surface area contributed by atoms with Gasteiger partial charge in [-0.2, -0.15) is 0 Å². The molecule has 29 heavy (non-hydrogen) atoms. The summed E-state index contributed by atoms with van der Waals surface area (Å²) in [5.41, 5.74) is 0.941. The Kier molecular flexibility index (Phi) is 15.3. The van der Waals surface area contributed by atoms with Gasteiger partial charge >= 0.3 is 5.97 Å². The molecule has 1 rings (SSSR count). The second kappa shape index (κ2) is 17.4. The summed E-state index contributed by atoms with van der Waals surface area (Å²) >= 11 is 0. The number of hydrogen-bond donors (Lipinski definition) is 1. The van der Waals surface area contributed by atoms with Crippen LogP contribution in [0.15, 0.2) is 24.3 Å². The van der Waals surface area contributed by atoms with Gasteiger partial charge in [0.2, 0.25) is 0 Å². The maximum Gasteiger partial charge on any atom is 0.313 e. The SMILES string of the molecule is CCCCCCCCCCCCCCCCC(C(=O)OCC)c1ccc(O)cc1. The van der Waals surface area contributed by atoms with Gasteiger partial charge in [0.15, 0.2) is 0 Å². The second-order valence-corrected chi connectivity index (χ2v) is 8.28. The highest BCUT2D eigenvalue weighted by Crippen LogP contribution is 2.26. The molecule has 1 unspecified atom stereocenters. The highest BCUT2D eigenvalue weighted by Gasteiger charge is 2.21. The van der Waals surface area contributed by atoms with Crippen molar-refractivity contribution in [1.82, 2.24) is 0 Å². The van der Waals surface area contributed by atoms with Gasteiger partial charge in [-0.1, -0.05) is 109 Å². The van der Waals surface area contributed by atoms with Gasteiger partial charge in [-0.15, -0.1) is 0 Å². The third-order valence-corrected chi connectivity index (χ3v) is 5.71. The number of phenols is 1. The average Bonchev–Trinajstić information content (AvgIpc) is 2.72. The Morgan fingerprint density at radius 2 is 1.21 bits per heavy atom. The predicted octanol–water partition coefficient (Wildman–Crippen LogP) is 7.91. The molecule has 1 N–H and O–H groups in total. The van der Waals surface area contributed by atoms with Gasteiger partial charge in [0.05, 0.1) is 12.5 Å². The first kappa shape index (κ1) is 25.5. The molecule has 3 heteroatoms. The Hall–Kier alpha value is -1.51. The number of carbonyl (C=O) groups is 1. The van der Waals surface area contributed by atoms with E-state index < -0.39 is 0 Å². The fourth-order valence-corrected chi connectivity index (χ4v) is 3.91. The van der Waals surface area contributed by atoms with Crippen LogP contribution < -0.4 is 0 Å². The fraction of sp³-hybridized carbons (Fsp3) is 0.731. The molecule has 1 aromatic rings. The number of carbonyl (C=O) groups excluding carboxylic acids is 1. The fourth-order valence-electron chi connectivity index (χ4n) is 3.91. The van der Waals surface area contributed by atoms with Gasteiger partial charge in [0.1, 0.15) is 5.75 Å². The highest BCUT2D eigenvalue weighted by atomic mass is 16.5. The van der Waals surface area contributed by atoms with E-state index in [1.54, 1.807) is 12.1 Å². The van der Waals surface area contributed by atoms with E-state index in [2.05, 4.69) is 6.92 Å². The topological polar surface area (TPSA) is 46.5 Å². The molecule has 166 valence electrons. The van der Waals surface area contributed by atoms with Crippen LogP contribution in [0.5, 0.6) is 5.75 Å². The summed E-state index contributed by atoms with van der Waals surface area (Å²) in [6, 6.07) is 6.96. The first-order chi connectivity index (χ1) is 14.2. The number of benzene rings is 1. The van der Waals surface area contributed by atoms with Crippen molar-refractivity contribution < 1.29 is 14.6 Å². The number of esters is 1. The number of rotatable bonds is 18. The third-order valence-electron chi connectivity index (χ3n) is 5.71.